The Labute approximate surface area is 142 Å². The van der Waals surface area contributed by atoms with Crippen LogP contribution in [0.2, 0.25) is 0 Å². The number of benzene rings is 2. The van der Waals surface area contributed by atoms with Gasteiger partial charge in [-0.25, -0.2) is 5.43 Å². The van der Waals surface area contributed by atoms with Gasteiger partial charge in [0.15, 0.2) is 0 Å². The van der Waals surface area contributed by atoms with Crippen molar-refractivity contribution in [1.82, 2.24) is 5.43 Å². The Morgan fingerprint density at radius 2 is 1.88 bits per heavy atom. The average molecular weight is 320 g/mol. The fraction of sp³-hybridized carbons (Fsp3) is 0.100. The molecule has 0 fully saturated rings. The van der Waals surface area contributed by atoms with Crippen molar-refractivity contribution in [2.75, 3.05) is 6.61 Å². The predicted molar refractivity (Wildman–Crippen MR) is 98.2 cm³/mol. The second kappa shape index (κ2) is 9.10. The summed E-state index contributed by atoms with van der Waals surface area (Å²) in [6.07, 6.45) is 5.27. The summed E-state index contributed by atoms with van der Waals surface area (Å²) in [5, 5.41) is 3.98. The molecule has 0 aromatic heterocycles. The maximum absolute atomic E-state index is 12.0. The van der Waals surface area contributed by atoms with Gasteiger partial charge < -0.3 is 4.74 Å². The van der Waals surface area contributed by atoms with Crippen LogP contribution in [-0.4, -0.2) is 18.7 Å². The van der Waals surface area contributed by atoms with Gasteiger partial charge in [0.2, 0.25) is 0 Å². The Morgan fingerprint density at radius 1 is 1.17 bits per heavy atom. The van der Waals surface area contributed by atoms with Crippen LogP contribution in [-0.2, 0) is 0 Å². The van der Waals surface area contributed by atoms with E-state index in [2.05, 4.69) is 17.1 Å². The maximum Gasteiger partial charge on any atom is 0.271 e. The molecule has 0 radical (unpaired) electrons. The number of hydrogen-bond donors (Lipinski definition) is 1. The summed E-state index contributed by atoms with van der Waals surface area (Å²) >= 11 is 0. The Bertz CT molecular complexity index is 732. The minimum absolute atomic E-state index is 0.269. The highest BCUT2D eigenvalue weighted by Gasteiger charge is 2.03. The van der Waals surface area contributed by atoms with Crippen LogP contribution in [0.4, 0.5) is 0 Å². The lowest BCUT2D eigenvalue weighted by atomic mass is 10.1. The van der Waals surface area contributed by atoms with Gasteiger partial charge in [-0.05, 0) is 42.3 Å². The summed E-state index contributed by atoms with van der Waals surface area (Å²) in [4.78, 5) is 12.0. The first-order valence-corrected chi connectivity index (χ1v) is 7.59. The number of nitrogens with zero attached hydrogens (tertiary/aromatic N) is 1. The number of allylic oxidation sites excluding steroid dienone is 1. The van der Waals surface area contributed by atoms with Gasteiger partial charge in [0.05, 0.1) is 6.21 Å². The van der Waals surface area contributed by atoms with Crippen LogP contribution in [0.3, 0.4) is 0 Å². The molecule has 1 amide bonds. The van der Waals surface area contributed by atoms with Crippen molar-refractivity contribution in [2.24, 2.45) is 5.10 Å². The summed E-state index contributed by atoms with van der Waals surface area (Å²) in [5.41, 5.74) is 5.05. The summed E-state index contributed by atoms with van der Waals surface area (Å²) < 4.78 is 5.37. The van der Waals surface area contributed by atoms with E-state index in [4.69, 9.17) is 4.74 Å². The van der Waals surface area contributed by atoms with Crippen molar-refractivity contribution < 1.29 is 9.53 Å². The molecular weight excluding hydrogens is 300 g/mol. The fourth-order valence-electron chi connectivity index (χ4n) is 1.96. The fourth-order valence-corrected chi connectivity index (χ4v) is 1.96. The molecule has 0 aliphatic rings. The Kier molecular flexibility index (Phi) is 6.53. The number of nitrogens with one attached hydrogen (secondary N) is 1. The maximum atomic E-state index is 12.0. The summed E-state index contributed by atoms with van der Waals surface area (Å²) in [7, 11) is 0. The Balaban J connectivity index is 1.90. The molecule has 0 spiro atoms. The SMILES string of the molecule is C=CCOc1ccc(C(=O)N/N=C\C(C)=C/c2ccccc2)cc1. The van der Waals surface area contributed by atoms with Crippen molar-refractivity contribution in [3.63, 3.8) is 0 Å². The molecule has 2 rings (SSSR count). The van der Waals surface area contributed by atoms with Crippen LogP contribution in [0.1, 0.15) is 22.8 Å². The van der Waals surface area contributed by atoms with Crippen LogP contribution in [0.25, 0.3) is 6.08 Å². The van der Waals surface area contributed by atoms with Crippen molar-refractivity contribution in [1.29, 1.82) is 0 Å². The quantitative estimate of drug-likeness (QED) is 0.475. The Hall–Kier alpha value is -3.14. The molecule has 0 aliphatic heterocycles. The molecule has 0 saturated carbocycles. The van der Waals surface area contributed by atoms with E-state index in [9.17, 15) is 4.79 Å². The number of carbonyl (C=O) groups is 1. The van der Waals surface area contributed by atoms with Crippen LogP contribution in [0.5, 0.6) is 5.75 Å². The number of amides is 1. The zero-order valence-corrected chi connectivity index (χ0v) is 13.6. The van der Waals surface area contributed by atoms with Gasteiger partial charge in [-0.1, -0.05) is 49.1 Å². The highest BCUT2D eigenvalue weighted by atomic mass is 16.5. The largest absolute Gasteiger partial charge is 0.490 e. The molecule has 2 aromatic carbocycles. The lowest BCUT2D eigenvalue weighted by molar-refractivity contribution is 0.0955. The number of carbonyl (C=O) groups excluding carboxylic acids is 1. The van der Waals surface area contributed by atoms with Crippen LogP contribution >= 0.6 is 0 Å². The molecule has 1 N–H and O–H groups in total. The molecule has 4 heteroatoms. The third kappa shape index (κ3) is 5.57. The highest BCUT2D eigenvalue weighted by molar-refractivity contribution is 5.95. The molecule has 4 nitrogen and oxygen atoms in total. The van der Waals surface area contributed by atoms with E-state index < -0.39 is 0 Å². The third-order valence-corrected chi connectivity index (χ3v) is 3.11. The van der Waals surface area contributed by atoms with Gasteiger partial charge >= 0.3 is 0 Å². The minimum Gasteiger partial charge on any atom is -0.490 e. The predicted octanol–water partition coefficient (Wildman–Crippen LogP) is 4.07. The molecule has 0 heterocycles. The number of hydrogen-bond acceptors (Lipinski definition) is 3. The van der Waals surface area contributed by atoms with Crippen LogP contribution in [0, 0.1) is 0 Å². The molecule has 122 valence electrons. The van der Waals surface area contributed by atoms with Gasteiger partial charge in [0.25, 0.3) is 5.91 Å². The van der Waals surface area contributed by atoms with Gasteiger partial charge in [0, 0.05) is 5.56 Å². The molecule has 24 heavy (non-hydrogen) atoms. The smallest absolute Gasteiger partial charge is 0.271 e. The molecule has 2 aromatic rings. The summed E-state index contributed by atoms with van der Waals surface area (Å²) in [5.74, 6) is 0.422. The second-order valence-electron chi connectivity index (χ2n) is 5.12. The van der Waals surface area contributed by atoms with E-state index in [1.807, 2.05) is 43.3 Å². The molecule has 0 bridgehead atoms. The highest BCUT2D eigenvalue weighted by Crippen LogP contribution is 2.12. The van der Waals surface area contributed by atoms with E-state index in [1.54, 1.807) is 36.6 Å². The number of rotatable bonds is 7. The topological polar surface area (TPSA) is 50.7 Å². The lowest BCUT2D eigenvalue weighted by Crippen LogP contribution is -2.17. The van der Waals surface area contributed by atoms with Gasteiger partial charge in [-0.15, -0.1) is 0 Å². The van der Waals surface area contributed by atoms with Crippen LogP contribution < -0.4 is 10.2 Å². The van der Waals surface area contributed by atoms with E-state index in [0.29, 0.717) is 17.9 Å². The summed E-state index contributed by atoms with van der Waals surface area (Å²) in [6, 6.07) is 16.8. The molecule has 0 atom stereocenters. The van der Waals surface area contributed by atoms with Crippen molar-refractivity contribution >= 4 is 18.2 Å². The summed E-state index contributed by atoms with van der Waals surface area (Å²) in [6.45, 7) is 5.94. The third-order valence-electron chi connectivity index (χ3n) is 3.11. The van der Waals surface area contributed by atoms with Crippen molar-refractivity contribution in [3.05, 3.63) is 84.0 Å². The monoisotopic (exact) mass is 320 g/mol. The normalized spacial score (nSPS) is 11.3. The van der Waals surface area contributed by atoms with E-state index in [-0.39, 0.29) is 5.91 Å². The molecule has 0 aliphatic carbocycles. The van der Waals surface area contributed by atoms with Gasteiger partial charge in [-0.2, -0.15) is 5.10 Å². The molecule has 0 unspecified atom stereocenters. The second-order valence-corrected chi connectivity index (χ2v) is 5.12. The van der Waals surface area contributed by atoms with Crippen molar-refractivity contribution in [3.8, 4) is 5.75 Å². The first-order chi connectivity index (χ1) is 11.7. The van der Waals surface area contributed by atoms with Crippen LogP contribution in [0.15, 0.2) is 77.9 Å². The standard InChI is InChI=1S/C20H20N2O2/c1-3-13-24-19-11-9-18(10-12-19)20(23)22-21-15-16(2)14-17-7-5-4-6-8-17/h3-12,14-15H,1,13H2,2H3,(H,22,23)/b16-14-,21-15-. The zero-order chi connectivity index (χ0) is 17.2. The van der Waals surface area contributed by atoms with Crippen molar-refractivity contribution in [2.45, 2.75) is 6.92 Å². The first kappa shape index (κ1) is 17.2. The lowest BCUT2D eigenvalue weighted by Gasteiger charge is -2.04. The van der Waals surface area contributed by atoms with Gasteiger partial charge in [-0.3, -0.25) is 4.79 Å². The van der Waals surface area contributed by atoms with E-state index in [0.717, 1.165) is 11.1 Å². The Morgan fingerprint density at radius 3 is 2.54 bits per heavy atom. The van der Waals surface area contributed by atoms with E-state index >= 15 is 0 Å². The first-order valence-electron chi connectivity index (χ1n) is 7.59. The minimum atomic E-state index is -0.269. The number of ether oxygens (including phenoxy) is 1. The number of hydrazone groups is 1. The zero-order valence-electron chi connectivity index (χ0n) is 13.6. The van der Waals surface area contributed by atoms with Gasteiger partial charge in [0.1, 0.15) is 12.4 Å². The van der Waals surface area contributed by atoms with E-state index in [1.165, 1.54) is 0 Å². The molecular formula is C20H20N2O2. The molecule has 0 saturated heterocycles. The average Bonchev–Trinajstić information content (AvgIpc) is 2.61.